The lowest BCUT2D eigenvalue weighted by molar-refractivity contribution is 0.430. The van der Waals surface area contributed by atoms with Crippen LogP contribution in [0, 0.1) is 5.82 Å². The summed E-state index contributed by atoms with van der Waals surface area (Å²) < 4.78 is 21.3. The number of rotatable bonds is 2. The first kappa shape index (κ1) is 17.4. The molecule has 4 nitrogen and oxygen atoms in total. The summed E-state index contributed by atoms with van der Waals surface area (Å²) in [5.41, 5.74) is 4.61. The van der Waals surface area contributed by atoms with Crippen LogP contribution in [-0.4, -0.2) is 14.8 Å². The van der Waals surface area contributed by atoms with E-state index in [1.165, 1.54) is 24.3 Å². The number of halogens is 1. The molecule has 5 heteroatoms. The molecule has 0 saturated carbocycles. The Bertz CT molecular complexity index is 1290. The number of benzene rings is 3. The normalized spacial score (nSPS) is 14.3. The van der Waals surface area contributed by atoms with Gasteiger partial charge in [-0.25, -0.2) is 4.39 Å². The first-order valence-corrected chi connectivity index (χ1v) is 9.27. The topological polar surface area (TPSA) is 54.6 Å². The van der Waals surface area contributed by atoms with Crippen molar-refractivity contribution in [1.82, 2.24) is 4.57 Å². The number of aromatic hydroxyl groups is 2. The van der Waals surface area contributed by atoms with Crippen LogP contribution in [0.4, 0.5) is 4.39 Å². The molecule has 1 aliphatic rings. The molecule has 144 valence electrons. The summed E-state index contributed by atoms with van der Waals surface area (Å²) in [6.45, 7) is 0. The molecule has 4 aromatic rings. The zero-order chi connectivity index (χ0) is 20.1. The maximum absolute atomic E-state index is 13.4. The fourth-order valence-electron chi connectivity index (χ4n) is 3.95. The maximum atomic E-state index is 13.4. The van der Waals surface area contributed by atoms with Crippen LogP contribution >= 0.6 is 0 Å². The number of nitrogens with zero attached hydrogens (tertiary/aromatic N) is 1. The molecule has 0 spiro atoms. The molecule has 2 heterocycles. The van der Waals surface area contributed by atoms with Gasteiger partial charge in [-0.2, -0.15) is 0 Å². The second kappa shape index (κ2) is 6.41. The molecule has 0 radical (unpaired) electrons. The van der Waals surface area contributed by atoms with Crippen molar-refractivity contribution in [1.29, 1.82) is 0 Å². The number of phenolic OH excluding ortho intramolecular Hbond substituents is 2. The Morgan fingerprint density at radius 1 is 1.07 bits per heavy atom. The van der Waals surface area contributed by atoms with Gasteiger partial charge >= 0.3 is 0 Å². The van der Waals surface area contributed by atoms with Crippen molar-refractivity contribution >= 4 is 17.0 Å². The number of aryl methyl sites for hydroxylation is 1. The van der Waals surface area contributed by atoms with Crippen molar-refractivity contribution in [3.8, 4) is 28.4 Å². The largest absolute Gasteiger partial charge is 0.508 e. The molecule has 0 unspecified atom stereocenters. The molecule has 1 aromatic heterocycles. The van der Waals surface area contributed by atoms with E-state index in [0.29, 0.717) is 23.5 Å². The summed E-state index contributed by atoms with van der Waals surface area (Å²) >= 11 is 0. The zero-order valence-electron chi connectivity index (χ0n) is 15.7. The SMILES string of the molecule is Cn1cc(C=C2Cc3c(O)cc(O)cc3O2)c2c(-c3ccc(F)cc3)cccc21. The molecule has 2 N–H and O–H groups in total. The lowest BCUT2D eigenvalue weighted by atomic mass is 9.98. The van der Waals surface area contributed by atoms with E-state index in [2.05, 4.69) is 0 Å². The molecule has 0 bridgehead atoms. The van der Waals surface area contributed by atoms with Gasteiger partial charge in [0.05, 0.1) is 0 Å². The number of allylic oxidation sites excluding steroid dienone is 1. The van der Waals surface area contributed by atoms with Crippen molar-refractivity contribution in [2.45, 2.75) is 6.42 Å². The van der Waals surface area contributed by atoms with Crippen LogP contribution in [0.15, 0.2) is 66.6 Å². The van der Waals surface area contributed by atoms with E-state index in [1.54, 1.807) is 12.1 Å². The van der Waals surface area contributed by atoms with Crippen molar-refractivity contribution in [2.24, 2.45) is 7.05 Å². The second-order valence-electron chi connectivity index (χ2n) is 7.23. The molecule has 0 saturated heterocycles. The molecule has 0 aliphatic carbocycles. The summed E-state index contributed by atoms with van der Waals surface area (Å²) in [5, 5.41) is 20.8. The van der Waals surface area contributed by atoms with E-state index >= 15 is 0 Å². The molecular weight excluding hydrogens is 369 g/mol. The van der Waals surface area contributed by atoms with Crippen molar-refractivity contribution in [2.75, 3.05) is 0 Å². The van der Waals surface area contributed by atoms with Gasteiger partial charge in [0.1, 0.15) is 28.8 Å². The lowest BCUT2D eigenvalue weighted by Gasteiger charge is -2.06. The first-order valence-electron chi connectivity index (χ1n) is 9.27. The summed E-state index contributed by atoms with van der Waals surface area (Å²) in [6.07, 6.45) is 4.41. The summed E-state index contributed by atoms with van der Waals surface area (Å²) in [7, 11) is 1.98. The number of hydrogen-bond acceptors (Lipinski definition) is 3. The third-order valence-electron chi connectivity index (χ3n) is 5.28. The maximum Gasteiger partial charge on any atom is 0.137 e. The van der Waals surface area contributed by atoms with Crippen LogP contribution < -0.4 is 4.74 Å². The number of phenols is 2. The van der Waals surface area contributed by atoms with Gasteiger partial charge in [-0.1, -0.05) is 24.3 Å². The van der Waals surface area contributed by atoms with Crippen molar-refractivity contribution in [3.63, 3.8) is 0 Å². The highest BCUT2D eigenvalue weighted by Gasteiger charge is 2.23. The fraction of sp³-hybridized carbons (Fsp3) is 0.0833. The minimum absolute atomic E-state index is 0.0216. The van der Waals surface area contributed by atoms with E-state index in [0.717, 1.165) is 27.6 Å². The van der Waals surface area contributed by atoms with Gasteiger partial charge in [-0.15, -0.1) is 0 Å². The number of aromatic nitrogens is 1. The van der Waals surface area contributed by atoms with Gasteiger partial charge in [0.2, 0.25) is 0 Å². The minimum atomic E-state index is -0.267. The molecule has 3 aromatic carbocycles. The Kier molecular flexibility index (Phi) is 3.84. The number of ether oxygens (including phenoxy) is 1. The quantitative estimate of drug-likeness (QED) is 0.486. The average Bonchev–Trinajstić information content (AvgIpc) is 3.24. The van der Waals surface area contributed by atoms with Crippen LogP contribution in [0.5, 0.6) is 17.2 Å². The summed E-state index contributed by atoms with van der Waals surface area (Å²) in [6, 6.07) is 15.3. The Morgan fingerprint density at radius 2 is 1.86 bits per heavy atom. The van der Waals surface area contributed by atoms with Crippen LogP contribution in [0.3, 0.4) is 0 Å². The van der Waals surface area contributed by atoms with E-state index in [-0.39, 0.29) is 17.3 Å². The summed E-state index contributed by atoms with van der Waals surface area (Å²) in [4.78, 5) is 0. The predicted octanol–water partition coefficient (Wildman–Crippen LogP) is 5.37. The first-order chi connectivity index (χ1) is 14.0. The van der Waals surface area contributed by atoms with Crippen LogP contribution in [-0.2, 0) is 13.5 Å². The number of hydrogen-bond donors (Lipinski definition) is 2. The Labute approximate surface area is 166 Å². The van der Waals surface area contributed by atoms with Gasteiger partial charge in [0, 0.05) is 53.8 Å². The third-order valence-corrected chi connectivity index (χ3v) is 5.28. The van der Waals surface area contributed by atoms with E-state index in [9.17, 15) is 14.6 Å². The zero-order valence-corrected chi connectivity index (χ0v) is 15.7. The van der Waals surface area contributed by atoms with Crippen LogP contribution in [0.25, 0.3) is 28.1 Å². The Morgan fingerprint density at radius 3 is 2.66 bits per heavy atom. The summed E-state index contributed by atoms with van der Waals surface area (Å²) in [5.74, 6) is 0.867. The van der Waals surface area contributed by atoms with E-state index in [4.69, 9.17) is 4.74 Å². The third kappa shape index (κ3) is 2.91. The van der Waals surface area contributed by atoms with Crippen molar-refractivity contribution < 1.29 is 19.3 Å². The van der Waals surface area contributed by atoms with Crippen LogP contribution in [0.1, 0.15) is 11.1 Å². The molecule has 5 rings (SSSR count). The smallest absolute Gasteiger partial charge is 0.137 e. The monoisotopic (exact) mass is 387 g/mol. The Hall–Kier alpha value is -3.73. The molecule has 1 aliphatic heterocycles. The van der Waals surface area contributed by atoms with E-state index in [1.807, 2.05) is 42.1 Å². The highest BCUT2D eigenvalue weighted by molar-refractivity contribution is 6.01. The Balaban J connectivity index is 1.64. The average molecular weight is 387 g/mol. The van der Waals surface area contributed by atoms with Gasteiger partial charge in [-0.3, -0.25) is 0 Å². The molecular formula is C24H18FNO3. The molecule has 0 atom stereocenters. The fourth-order valence-corrected chi connectivity index (χ4v) is 3.95. The number of fused-ring (bicyclic) bond motifs is 2. The minimum Gasteiger partial charge on any atom is -0.508 e. The highest BCUT2D eigenvalue weighted by atomic mass is 19.1. The van der Waals surface area contributed by atoms with Gasteiger partial charge in [0.25, 0.3) is 0 Å². The second-order valence-corrected chi connectivity index (χ2v) is 7.23. The molecule has 0 fully saturated rings. The molecule has 0 amide bonds. The predicted molar refractivity (Wildman–Crippen MR) is 110 cm³/mol. The van der Waals surface area contributed by atoms with Gasteiger partial charge in [-0.05, 0) is 35.4 Å². The van der Waals surface area contributed by atoms with Gasteiger partial charge in [0.15, 0.2) is 0 Å². The van der Waals surface area contributed by atoms with Crippen LogP contribution in [0.2, 0.25) is 0 Å². The lowest BCUT2D eigenvalue weighted by Crippen LogP contribution is -1.88. The van der Waals surface area contributed by atoms with Crippen molar-refractivity contribution in [3.05, 3.63) is 83.5 Å². The molecule has 29 heavy (non-hydrogen) atoms. The standard InChI is InChI=1S/C24H18FNO3/c1-26-13-15(9-18-12-20-22(28)10-17(27)11-23(20)29-18)24-19(3-2-4-21(24)26)14-5-7-16(25)8-6-14/h2-11,13,27-28H,12H2,1H3. The van der Waals surface area contributed by atoms with E-state index < -0.39 is 0 Å². The van der Waals surface area contributed by atoms with Gasteiger partial charge < -0.3 is 19.5 Å². The highest BCUT2D eigenvalue weighted by Crippen LogP contribution is 2.41.